The van der Waals surface area contributed by atoms with E-state index in [9.17, 15) is 10.2 Å². The van der Waals surface area contributed by atoms with Crippen molar-refractivity contribution in [2.75, 3.05) is 0 Å². The fourth-order valence-corrected chi connectivity index (χ4v) is 2.68. The highest BCUT2D eigenvalue weighted by molar-refractivity contribution is 5.98. The van der Waals surface area contributed by atoms with Crippen LogP contribution in [0.3, 0.4) is 0 Å². The second-order valence-corrected chi connectivity index (χ2v) is 4.91. The molecule has 4 heteroatoms. The van der Waals surface area contributed by atoms with Gasteiger partial charge in [0.05, 0.1) is 10.8 Å². The minimum Gasteiger partial charge on any atom is -1.00 e. The van der Waals surface area contributed by atoms with Crippen LogP contribution in [-0.2, 0) is 0 Å². The lowest BCUT2D eigenvalue weighted by molar-refractivity contribution is -0.509. The smallest absolute Gasteiger partial charge is 0.219 e. The van der Waals surface area contributed by atoms with Crippen LogP contribution in [0.1, 0.15) is 0 Å². The third-order valence-electron chi connectivity index (χ3n) is 3.72. The lowest BCUT2D eigenvalue weighted by atomic mass is 10.1. The average molecular weight is 342 g/mol. The molecule has 0 aliphatic carbocycles. The van der Waals surface area contributed by atoms with Crippen LogP contribution in [0.25, 0.3) is 27.1 Å². The third kappa shape index (κ3) is 1.99. The zero-order valence-corrected chi connectivity index (χ0v) is 12.6. The number of phenols is 2. The molecule has 0 saturated carbocycles. The van der Waals surface area contributed by atoms with Gasteiger partial charge < -0.3 is 27.2 Å². The Balaban J connectivity index is 0.00000132. The summed E-state index contributed by atoms with van der Waals surface area (Å²) in [6.07, 6.45) is 3.80. The van der Waals surface area contributed by atoms with Gasteiger partial charge in [0, 0.05) is 12.1 Å². The van der Waals surface area contributed by atoms with Gasteiger partial charge in [-0.3, -0.25) is 0 Å². The molecule has 0 aliphatic rings. The molecule has 2 aromatic heterocycles. The third-order valence-corrected chi connectivity index (χ3v) is 3.72. The molecule has 0 bridgehead atoms. The number of aromatic nitrogens is 1. The molecule has 4 aromatic rings. The van der Waals surface area contributed by atoms with Crippen molar-refractivity contribution in [1.82, 2.24) is 0 Å². The van der Waals surface area contributed by atoms with Gasteiger partial charge >= 0.3 is 0 Å². The summed E-state index contributed by atoms with van der Waals surface area (Å²) in [4.78, 5) is 0. The first kappa shape index (κ1) is 13.6. The van der Waals surface area contributed by atoms with E-state index in [1.165, 1.54) is 11.5 Å². The van der Waals surface area contributed by atoms with E-state index in [4.69, 9.17) is 0 Å². The van der Waals surface area contributed by atoms with Crippen LogP contribution in [0, 0.1) is 0 Å². The molecular weight excluding hydrogens is 330 g/mol. The maximum absolute atomic E-state index is 9.97. The van der Waals surface area contributed by atoms with Gasteiger partial charge in [0.1, 0.15) is 0 Å². The molecule has 21 heavy (non-hydrogen) atoms. The average Bonchev–Trinajstić information content (AvgIpc) is 2.50. The van der Waals surface area contributed by atoms with Crippen LogP contribution >= 0.6 is 0 Å². The SMILES string of the molecule is Oc1ccc2cc3c4ccccc4cc[n+]3cc2c1O.[Br-]. The molecule has 0 amide bonds. The van der Waals surface area contributed by atoms with Crippen LogP contribution in [-0.4, -0.2) is 10.2 Å². The van der Waals surface area contributed by atoms with E-state index in [0.29, 0.717) is 5.39 Å². The standard InChI is InChI=1S/C17H11NO2.BrH/c19-16-6-5-12-9-15-13-4-2-1-3-11(13)7-8-18(15)10-14(12)17(16)20;/h1-10,19H;1H. The number of hydrogen-bond acceptors (Lipinski definition) is 2. The highest BCUT2D eigenvalue weighted by Crippen LogP contribution is 2.33. The van der Waals surface area contributed by atoms with Gasteiger partial charge in [-0.1, -0.05) is 18.2 Å². The molecule has 0 unspecified atom stereocenters. The maximum Gasteiger partial charge on any atom is 0.219 e. The van der Waals surface area contributed by atoms with Crippen molar-refractivity contribution in [3.05, 3.63) is 60.9 Å². The van der Waals surface area contributed by atoms with Crippen molar-refractivity contribution in [1.29, 1.82) is 0 Å². The minimum atomic E-state index is -0.0989. The number of halogens is 1. The van der Waals surface area contributed by atoms with E-state index in [-0.39, 0.29) is 28.5 Å². The molecule has 0 fully saturated rings. The fraction of sp³-hybridized carbons (Fsp3) is 0. The molecule has 0 atom stereocenters. The number of hydrogen-bond donors (Lipinski definition) is 2. The molecule has 0 spiro atoms. The quantitative estimate of drug-likeness (QED) is 0.207. The van der Waals surface area contributed by atoms with Gasteiger partial charge in [-0.2, -0.15) is 4.40 Å². The number of nitrogens with zero attached hydrogens (tertiary/aromatic N) is 1. The van der Waals surface area contributed by atoms with Crippen LogP contribution in [0.4, 0.5) is 0 Å². The van der Waals surface area contributed by atoms with Gasteiger partial charge in [0.15, 0.2) is 23.9 Å². The number of benzene rings is 2. The van der Waals surface area contributed by atoms with Crippen molar-refractivity contribution in [3.8, 4) is 11.5 Å². The Bertz CT molecular complexity index is 982. The molecule has 2 aromatic carbocycles. The highest BCUT2D eigenvalue weighted by Gasteiger charge is 2.13. The van der Waals surface area contributed by atoms with Gasteiger partial charge in [0.25, 0.3) is 0 Å². The van der Waals surface area contributed by atoms with Crippen molar-refractivity contribution in [3.63, 3.8) is 0 Å². The summed E-state index contributed by atoms with van der Waals surface area (Å²) in [5.74, 6) is -0.178. The number of rotatable bonds is 0. The molecule has 2 N–H and O–H groups in total. The molecule has 2 heterocycles. The first-order chi connectivity index (χ1) is 9.74. The summed E-state index contributed by atoms with van der Waals surface area (Å²) < 4.78 is 1.96. The molecule has 4 rings (SSSR count). The van der Waals surface area contributed by atoms with E-state index < -0.39 is 0 Å². The maximum atomic E-state index is 9.97. The minimum absolute atomic E-state index is 0. The molecule has 104 valence electrons. The van der Waals surface area contributed by atoms with Crippen LogP contribution in [0.5, 0.6) is 11.5 Å². The molecular formula is C17H12BrNO2. The number of fused-ring (bicyclic) bond motifs is 4. The van der Waals surface area contributed by atoms with E-state index in [1.807, 2.05) is 47.1 Å². The van der Waals surface area contributed by atoms with E-state index in [1.54, 1.807) is 0 Å². The van der Waals surface area contributed by atoms with Crippen LogP contribution in [0.15, 0.2) is 60.9 Å². The summed E-state index contributed by atoms with van der Waals surface area (Å²) in [5, 5.41) is 23.4. The van der Waals surface area contributed by atoms with Crippen molar-refractivity contribution >= 4 is 27.1 Å². The number of phenolic OH excluding ortho intramolecular Hbond substituents is 2. The second kappa shape index (κ2) is 4.90. The summed E-state index contributed by atoms with van der Waals surface area (Å²) in [6, 6.07) is 15.6. The molecule has 0 radical (unpaired) electrons. The van der Waals surface area contributed by atoms with Crippen molar-refractivity contribution in [2.45, 2.75) is 0 Å². The summed E-state index contributed by atoms with van der Waals surface area (Å²) in [5.41, 5.74) is 1.07. The van der Waals surface area contributed by atoms with E-state index >= 15 is 0 Å². The topological polar surface area (TPSA) is 44.6 Å². The lowest BCUT2D eigenvalue weighted by Gasteiger charge is -2.03. The van der Waals surface area contributed by atoms with Gasteiger partial charge in [-0.05, 0) is 29.0 Å². The lowest BCUT2D eigenvalue weighted by Crippen LogP contribution is -3.00. The zero-order chi connectivity index (χ0) is 13.7. The predicted octanol–water partition coefficient (Wildman–Crippen LogP) is 0.147. The summed E-state index contributed by atoms with van der Waals surface area (Å²) in [7, 11) is 0. The van der Waals surface area contributed by atoms with Gasteiger partial charge in [0.2, 0.25) is 5.52 Å². The molecule has 0 aliphatic heterocycles. The van der Waals surface area contributed by atoms with E-state index in [0.717, 1.165) is 16.3 Å². The van der Waals surface area contributed by atoms with E-state index in [2.05, 4.69) is 12.1 Å². The van der Waals surface area contributed by atoms with Gasteiger partial charge in [-0.15, -0.1) is 0 Å². The Morgan fingerprint density at radius 2 is 1.62 bits per heavy atom. The normalized spacial score (nSPS) is 10.9. The Kier molecular flexibility index (Phi) is 3.18. The van der Waals surface area contributed by atoms with Crippen molar-refractivity contribution < 1.29 is 31.6 Å². The largest absolute Gasteiger partial charge is 1.00 e. The van der Waals surface area contributed by atoms with Gasteiger partial charge in [-0.25, -0.2) is 0 Å². The number of pyridine rings is 2. The zero-order valence-electron chi connectivity index (χ0n) is 11.0. The molecule has 0 saturated heterocycles. The first-order valence-corrected chi connectivity index (χ1v) is 6.41. The number of aromatic hydroxyl groups is 2. The van der Waals surface area contributed by atoms with Crippen LogP contribution < -0.4 is 21.4 Å². The predicted molar refractivity (Wildman–Crippen MR) is 77.9 cm³/mol. The Hall–Kier alpha value is -2.33. The Morgan fingerprint density at radius 3 is 2.48 bits per heavy atom. The van der Waals surface area contributed by atoms with Crippen molar-refractivity contribution in [2.24, 2.45) is 0 Å². The van der Waals surface area contributed by atoms with Crippen LogP contribution in [0.2, 0.25) is 0 Å². The Labute approximate surface area is 131 Å². The fourth-order valence-electron chi connectivity index (χ4n) is 2.68. The highest BCUT2D eigenvalue weighted by atomic mass is 79.9. The monoisotopic (exact) mass is 341 g/mol. The Morgan fingerprint density at radius 1 is 0.810 bits per heavy atom. The summed E-state index contributed by atoms with van der Waals surface area (Å²) in [6.45, 7) is 0. The summed E-state index contributed by atoms with van der Waals surface area (Å²) >= 11 is 0. The second-order valence-electron chi connectivity index (χ2n) is 4.91. The first-order valence-electron chi connectivity index (χ1n) is 6.41. The molecule has 3 nitrogen and oxygen atoms in total.